The number of unbranched alkanes of at least 4 members (excludes halogenated alkanes) is 1. The van der Waals surface area contributed by atoms with Gasteiger partial charge in [0.25, 0.3) is 0 Å². The highest BCUT2D eigenvalue weighted by Crippen LogP contribution is 2.26. The topological polar surface area (TPSA) is 58.6 Å². The summed E-state index contributed by atoms with van der Waals surface area (Å²) < 4.78 is 5.23. The van der Waals surface area contributed by atoms with Crippen LogP contribution < -0.4 is 5.32 Å². The van der Waals surface area contributed by atoms with Crippen LogP contribution >= 0.6 is 11.8 Å². The monoisotopic (exact) mass is 317 g/mol. The highest BCUT2D eigenvalue weighted by molar-refractivity contribution is 7.99. The van der Waals surface area contributed by atoms with Crippen LogP contribution in [0.15, 0.2) is 0 Å². The number of rotatable bonds is 12. The van der Waals surface area contributed by atoms with Gasteiger partial charge in [-0.15, -0.1) is 0 Å². The van der Waals surface area contributed by atoms with Gasteiger partial charge in [0.2, 0.25) is 0 Å². The third-order valence-corrected chi connectivity index (χ3v) is 5.14. The molecule has 0 aromatic heterocycles. The first-order chi connectivity index (χ1) is 10.0. The summed E-state index contributed by atoms with van der Waals surface area (Å²) in [6.07, 6.45) is 5.30. The van der Waals surface area contributed by atoms with Crippen LogP contribution in [0.1, 0.15) is 52.9 Å². The van der Waals surface area contributed by atoms with Crippen molar-refractivity contribution in [2.24, 2.45) is 5.92 Å². The van der Waals surface area contributed by atoms with Crippen molar-refractivity contribution in [3.63, 3.8) is 0 Å². The Morgan fingerprint density at radius 1 is 1.48 bits per heavy atom. The first-order valence-corrected chi connectivity index (χ1v) is 9.30. The summed E-state index contributed by atoms with van der Waals surface area (Å²) in [5.74, 6) is 2.35. The first-order valence-electron chi connectivity index (χ1n) is 8.15. The Kier molecular flexibility index (Phi) is 8.67. The molecule has 4 nitrogen and oxygen atoms in total. The molecule has 1 fully saturated rings. The maximum absolute atomic E-state index is 12.2. The molecule has 0 saturated heterocycles. The first kappa shape index (κ1) is 18.8. The van der Waals surface area contributed by atoms with Crippen LogP contribution in [0.2, 0.25) is 0 Å². The number of esters is 1. The molecule has 0 bridgehead atoms. The second-order valence-corrected chi connectivity index (χ2v) is 7.44. The molecule has 0 aliphatic heterocycles. The predicted molar refractivity (Wildman–Crippen MR) is 88.6 cm³/mol. The van der Waals surface area contributed by atoms with Crippen molar-refractivity contribution in [2.75, 3.05) is 24.7 Å². The molecule has 0 heterocycles. The van der Waals surface area contributed by atoms with Crippen molar-refractivity contribution >= 4 is 17.7 Å². The minimum Gasteiger partial charge on any atom is -0.465 e. The fourth-order valence-corrected chi connectivity index (χ4v) is 3.30. The summed E-state index contributed by atoms with van der Waals surface area (Å²) in [7, 11) is 0. The average molecular weight is 317 g/mol. The fraction of sp³-hybridized carbons (Fsp3) is 0.938. The molecule has 0 aromatic carbocycles. The molecule has 124 valence electrons. The van der Waals surface area contributed by atoms with Crippen LogP contribution in [-0.2, 0) is 9.53 Å². The average Bonchev–Trinajstić information content (AvgIpc) is 3.26. The standard InChI is InChI=1S/C16H31NO3S/c1-4-20-15(19)16(3,17-14-7-8-14)9-5-6-10-21-12-13(2)11-18/h13-14,17-18H,4-12H2,1-3H3. The number of aliphatic hydroxyl groups excluding tert-OH is 1. The van der Waals surface area contributed by atoms with Gasteiger partial charge in [-0.3, -0.25) is 10.1 Å². The van der Waals surface area contributed by atoms with E-state index >= 15 is 0 Å². The number of carbonyl (C=O) groups excluding carboxylic acids is 1. The lowest BCUT2D eigenvalue weighted by molar-refractivity contribution is -0.151. The van der Waals surface area contributed by atoms with E-state index in [1.807, 2.05) is 25.6 Å². The molecule has 1 aliphatic rings. The molecule has 0 spiro atoms. The number of nitrogens with one attached hydrogen (secondary N) is 1. The van der Waals surface area contributed by atoms with E-state index in [0.29, 0.717) is 18.6 Å². The van der Waals surface area contributed by atoms with E-state index in [0.717, 1.165) is 30.8 Å². The van der Waals surface area contributed by atoms with Gasteiger partial charge < -0.3 is 9.84 Å². The molecular formula is C16H31NO3S. The summed E-state index contributed by atoms with van der Waals surface area (Å²) in [4.78, 5) is 12.2. The van der Waals surface area contributed by atoms with Gasteiger partial charge in [0, 0.05) is 12.6 Å². The Bertz CT molecular complexity index is 310. The van der Waals surface area contributed by atoms with E-state index in [2.05, 4.69) is 12.2 Å². The number of hydrogen-bond donors (Lipinski definition) is 2. The van der Waals surface area contributed by atoms with Crippen molar-refractivity contribution < 1.29 is 14.6 Å². The third-order valence-electron chi connectivity index (χ3n) is 3.76. The Balaban J connectivity index is 2.24. The number of ether oxygens (including phenoxy) is 1. The van der Waals surface area contributed by atoms with Crippen molar-refractivity contribution in [2.45, 2.75) is 64.5 Å². The number of carbonyl (C=O) groups is 1. The second kappa shape index (κ2) is 9.70. The quantitative estimate of drug-likeness (QED) is 0.428. The van der Waals surface area contributed by atoms with Gasteiger partial charge in [-0.05, 0) is 57.0 Å². The Morgan fingerprint density at radius 2 is 2.19 bits per heavy atom. The predicted octanol–water partition coefficient (Wildman–Crippen LogP) is 2.59. The number of aliphatic hydroxyl groups is 1. The molecule has 2 unspecified atom stereocenters. The zero-order valence-corrected chi connectivity index (χ0v) is 14.5. The van der Waals surface area contributed by atoms with Crippen molar-refractivity contribution in [3.8, 4) is 0 Å². The van der Waals surface area contributed by atoms with Gasteiger partial charge in [0.15, 0.2) is 0 Å². The molecule has 1 rings (SSSR count). The molecule has 0 radical (unpaired) electrons. The van der Waals surface area contributed by atoms with Gasteiger partial charge in [-0.2, -0.15) is 11.8 Å². The maximum Gasteiger partial charge on any atom is 0.326 e. The van der Waals surface area contributed by atoms with Crippen LogP contribution in [0, 0.1) is 5.92 Å². The van der Waals surface area contributed by atoms with Crippen LogP contribution in [-0.4, -0.2) is 47.4 Å². The summed E-state index contributed by atoms with van der Waals surface area (Å²) in [6, 6.07) is 0.499. The van der Waals surface area contributed by atoms with Gasteiger partial charge in [0.1, 0.15) is 5.54 Å². The minimum atomic E-state index is -0.528. The number of hydrogen-bond acceptors (Lipinski definition) is 5. The normalized spacial score (nSPS) is 19.0. The molecule has 0 amide bonds. The lowest BCUT2D eigenvalue weighted by atomic mass is 9.94. The van der Waals surface area contributed by atoms with E-state index in [4.69, 9.17) is 9.84 Å². The summed E-state index contributed by atoms with van der Waals surface area (Å²) in [5.41, 5.74) is -0.528. The smallest absolute Gasteiger partial charge is 0.326 e. The van der Waals surface area contributed by atoms with E-state index in [-0.39, 0.29) is 12.6 Å². The molecule has 5 heteroatoms. The van der Waals surface area contributed by atoms with Crippen molar-refractivity contribution in [3.05, 3.63) is 0 Å². The van der Waals surface area contributed by atoms with Crippen molar-refractivity contribution in [1.82, 2.24) is 5.32 Å². The van der Waals surface area contributed by atoms with Crippen LogP contribution in [0.25, 0.3) is 0 Å². The molecule has 1 saturated carbocycles. The summed E-state index contributed by atoms with van der Waals surface area (Å²) in [5, 5.41) is 12.4. The van der Waals surface area contributed by atoms with Crippen LogP contribution in [0.4, 0.5) is 0 Å². The molecule has 0 aromatic rings. The van der Waals surface area contributed by atoms with Gasteiger partial charge in [-0.1, -0.05) is 13.3 Å². The second-order valence-electron chi connectivity index (χ2n) is 6.29. The van der Waals surface area contributed by atoms with Gasteiger partial charge in [-0.25, -0.2) is 0 Å². The van der Waals surface area contributed by atoms with Gasteiger partial charge in [0.05, 0.1) is 6.61 Å². The number of thioether (sulfide) groups is 1. The van der Waals surface area contributed by atoms with Crippen molar-refractivity contribution in [1.29, 1.82) is 0 Å². The Labute approximate surface area is 133 Å². The largest absolute Gasteiger partial charge is 0.465 e. The SMILES string of the molecule is CCOC(=O)C(C)(CCCCSCC(C)CO)NC1CC1. The molecule has 21 heavy (non-hydrogen) atoms. The zero-order chi connectivity index (χ0) is 15.7. The highest BCUT2D eigenvalue weighted by atomic mass is 32.2. The highest BCUT2D eigenvalue weighted by Gasteiger charge is 2.38. The summed E-state index contributed by atoms with van der Waals surface area (Å²) in [6.45, 7) is 6.60. The molecule has 2 N–H and O–H groups in total. The Hall–Kier alpha value is -0.260. The summed E-state index contributed by atoms with van der Waals surface area (Å²) >= 11 is 1.88. The van der Waals surface area contributed by atoms with E-state index in [1.54, 1.807) is 0 Å². The molecule has 1 aliphatic carbocycles. The Morgan fingerprint density at radius 3 is 2.76 bits per heavy atom. The lowest BCUT2D eigenvalue weighted by Gasteiger charge is -2.28. The van der Waals surface area contributed by atoms with E-state index < -0.39 is 5.54 Å². The van der Waals surface area contributed by atoms with Crippen LogP contribution in [0.3, 0.4) is 0 Å². The zero-order valence-electron chi connectivity index (χ0n) is 13.7. The maximum atomic E-state index is 12.2. The van der Waals surface area contributed by atoms with E-state index in [9.17, 15) is 4.79 Å². The molecular weight excluding hydrogens is 286 g/mol. The van der Waals surface area contributed by atoms with Gasteiger partial charge >= 0.3 is 5.97 Å². The fourth-order valence-electron chi connectivity index (χ4n) is 2.22. The lowest BCUT2D eigenvalue weighted by Crippen LogP contribution is -2.51. The molecule has 2 atom stereocenters. The van der Waals surface area contributed by atoms with E-state index in [1.165, 1.54) is 12.8 Å². The third kappa shape index (κ3) is 7.52. The van der Waals surface area contributed by atoms with Crippen LogP contribution in [0.5, 0.6) is 0 Å². The minimum absolute atomic E-state index is 0.113.